The van der Waals surface area contributed by atoms with Crippen LogP contribution < -0.4 is 10.9 Å². The van der Waals surface area contributed by atoms with Gasteiger partial charge in [0, 0.05) is 12.6 Å². The molecule has 0 aliphatic carbocycles. The normalized spacial score (nSPS) is 11.1. The van der Waals surface area contributed by atoms with Crippen LogP contribution in [0.15, 0.2) is 83.7 Å². The Hall–Kier alpha value is -3.99. The van der Waals surface area contributed by atoms with Gasteiger partial charge in [0.15, 0.2) is 0 Å². The van der Waals surface area contributed by atoms with E-state index in [1.807, 2.05) is 84.9 Å². The van der Waals surface area contributed by atoms with Gasteiger partial charge in [0.2, 0.25) is 5.91 Å². The number of anilines is 1. The number of fused-ring (bicyclic) bond motifs is 1. The van der Waals surface area contributed by atoms with Crippen molar-refractivity contribution in [1.82, 2.24) is 9.55 Å². The Balaban J connectivity index is 1.79. The molecule has 5 heteroatoms. The number of benzene rings is 3. The van der Waals surface area contributed by atoms with E-state index in [4.69, 9.17) is 4.98 Å². The summed E-state index contributed by atoms with van der Waals surface area (Å²) in [6.45, 7) is 1.47. The van der Waals surface area contributed by atoms with Crippen molar-refractivity contribution in [2.75, 3.05) is 5.32 Å². The van der Waals surface area contributed by atoms with Gasteiger partial charge in [0.05, 0.1) is 16.6 Å². The molecule has 3 aromatic carbocycles. The van der Waals surface area contributed by atoms with Crippen molar-refractivity contribution in [1.29, 1.82) is 0 Å². The zero-order valence-electron chi connectivity index (χ0n) is 15.9. The van der Waals surface area contributed by atoms with Gasteiger partial charge in [-0.3, -0.25) is 14.2 Å². The molecule has 0 aliphatic heterocycles. The lowest BCUT2D eigenvalue weighted by Gasteiger charge is -2.11. The fourth-order valence-electron chi connectivity index (χ4n) is 3.14. The summed E-state index contributed by atoms with van der Waals surface area (Å²) in [6.07, 6.45) is 3.72. The SMILES string of the molecule is CC(=O)Nc1ccc(/C=C/c2nc3ccccc3c(=O)n2-c2ccccc2)cc1. The molecule has 142 valence electrons. The lowest BCUT2D eigenvalue weighted by atomic mass is 10.2. The largest absolute Gasteiger partial charge is 0.326 e. The molecule has 1 aromatic heterocycles. The summed E-state index contributed by atoms with van der Waals surface area (Å²) in [4.78, 5) is 29.0. The number of amides is 1. The number of hydrogen-bond acceptors (Lipinski definition) is 3. The van der Waals surface area contributed by atoms with Crippen molar-refractivity contribution in [3.8, 4) is 5.69 Å². The molecule has 1 amide bonds. The third-order valence-electron chi connectivity index (χ3n) is 4.47. The Morgan fingerprint density at radius 1 is 0.897 bits per heavy atom. The van der Waals surface area contributed by atoms with Crippen LogP contribution in [-0.2, 0) is 4.79 Å². The Kier molecular flexibility index (Phi) is 5.03. The molecule has 5 nitrogen and oxygen atoms in total. The van der Waals surface area contributed by atoms with E-state index in [0.717, 1.165) is 16.9 Å². The zero-order chi connectivity index (χ0) is 20.2. The topological polar surface area (TPSA) is 64.0 Å². The number of hydrogen-bond donors (Lipinski definition) is 1. The summed E-state index contributed by atoms with van der Waals surface area (Å²) >= 11 is 0. The van der Waals surface area contributed by atoms with Crippen LogP contribution in [0, 0.1) is 0 Å². The number of aromatic nitrogens is 2. The molecule has 0 spiro atoms. The quantitative estimate of drug-likeness (QED) is 0.565. The van der Waals surface area contributed by atoms with Gasteiger partial charge >= 0.3 is 0 Å². The first kappa shape index (κ1) is 18.4. The number of para-hydroxylation sites is 2. The molecule has 0 bridgehead atoms. The fraction of sp³-hybridized carbons (Fsp3) is 0.0417. The van der Waals surface area contributed by atoms with E-state index >= 15 is 0 Å². The Morgan fingerprint density at radius 2 is 1.59 bits per heavy atom. The van der Waals surface area contributed by atoms with Gasteiger partial charge in [-0.05, 0) is 48.0 Å². The molecule has 0 aliphatic rings. The molecular formula is C24H19N3O2. The van der Waals surface area contributed by atoms with Gasteiger partial charge in [-0.2, -0.15) is 0 Å². The summed E-state index contributed by atoms with van der Waals surface area (Å²) in [6, 6.07) is 24.3. The second kappa shape index (κ2) is 7.94. The van der Waals surface area contributed by atoms with Crippen LogP contribution in [0.5, 0.6) is 0 Å². The van der Waals surface area contributed by atoms with Crippen LogP contribution in [0.2, 0.25) is 0 Å². The molecule has 0 unspecified atom stereocenters. The number of nitrogens with zero attached hydrogens (tertiary/aromatic N) is 2. The maximum absolute atomic E-state index is 13.2. The van der Waals surface area contributed by atoms with E-state index in [1.54, 1.807) is 10.6 Å². The molecule has 0 fully saturated rings. The molecular weight excluding hydrogens is 362 g/mol. The van der Waals surface area contributed by atoms with E-state index in [2.05, 4.69) is 5.32 Å². The molecule has 0 radical (unpaired) electrons. The maximum atomic E-state index is 13.2. The van der Waals surface area contributed by atoms with Crippen LogP contribution in [-0.4, -0.2) is 15.5 Å². The standard InChI is InChI=1S/C24H19N3O2/c1-17(28)25-19-14-11-18(12-15-19)13-16-23-26-22-10-6-5-9-21(22)24(29)27(23)20-7-3-2-4-8-20/h2-16H,1H3,(H,25,28)/b16-13+. The molecule has 0 atom stereocenters. The highest BCUT2D eigenvalue weighted by Gasteiger charge is 2.10. The molecule has 1 heterocycles. The second-order valence-electron chi connectivity index (χ2n) is 6.60. The van der Waals surface area contributed by atoms with Crippen molar-refractivity contribution in [2.45, 2.75) is 6.92 Å². The molecule has 0 saturated heterocycles. The second-order valence-corrected chi connectivity index (χ2v) is 6.60. The van der Waals surface area contributed by atoms with E-state index in [1.165, 1.54) is 6.92 Å². The van der Waals surface area contributed by atoms with E-state index in [0.29, 0.717) is 16.7 Å². The van der Waals surface area contributed by atoms with Gasteiger partial charge in [-0.1, -0.05) is 48.5 Å². The average molecular weight is 381 g/mol. The summed E-state index contributed by atoms with van der Waals surface area (Å²) in [5.74, 6) is 0.436. The monoisotopic (exact) mass is 381 g/mol. The van der Waals surface area contributed by atoms with Crippen LogP contribution >= 0.6 is 0 Å². The first-order valence-corrected chi connectivity index (χ1v) is 9.25. The number of carbonyl (C=O) groups excluding carboxylic acids is 1. The minimum absolute atomic E-state index is 0.109. The van der Waals surface area contributed by atoms with Crippen molar-refractivity contribution in [3.63, 3.8) is 0 Å². The first-order valence-electron chi connectivity index (χ1n) is 9.25. The van der Waals surface area contributed by atoms with E-state index in [9.17, 15) is 9.59 Å². The third kappa shape index (κ3) is 3.99. The van der Waals surface area contributed by atoms with Crippen LogP contribution in [0.25, 0.3) is 28.7 Å². The maximum Gasteiger partial charge on any atom is 0.266 e. The van der Waals surface area contributed by atoms with Gasteiger partial charge in [0.1, 0.15) is 5.82 Å². The minimum atomic E-state index is -0.111. The van der Waals surface area contributed by atoms with Gasteiger partial charge < -0.3 is 5.32 Å². The molecule has 29 heavy (non-hydrogen) atoms. The smallest absolute Gasteiger partial charge is 0.266 e. The van der Waals surface area contributed by atoms with Gasteiger partial charge in [0.25, 0.3) is 5.56 Å². The zero-order valence-corrected chi connectivity index (χ0v) is 15.9. The Labute approximate surface area is 168 Å². The van der Waals surface area contributed by atoms with Gasteiger partial charge in [-0.25, -0.2) is 4.98 Å². The lowest BCUT2D eigenvalue weighted by molar-refractivity contribution is -0.114. The highest BCUT2D eigenvalue weighted by molar-refractivity contribution is 5.88. The lowest BCUT2D eigenvalue weighted by Crippen LogP contribution is -2.22. The van der Waals surface area contributed by atoms with Gasteiger partial charge in [-0.15, -0.1) is 0 Å². The predicted molar refractivity (Wildman–Crippen MR) is 117 cm³/mol. The Morgan fingerprint density at radius 3 is 2.31 bits per heavy atom. The molecule has 0 saturated carbocycles. The van der Waals surface area contributed by atoms with Crippen LogP contribution in [0.3, 0.4) is 0 Å². The fourth-order valence-corrected chi connectivity index (χ4v) is 3.14. The highest BCUT2D eigenvalue weighted by Crippen LogP contribution is 2.16. The highest BCUT2D eigenvalue weighted by atomic mass is 16.1. The van der Waals surface area contributed by atoms with Crippen molar-refractivity contribution < 1.29 is 4.79 Å². The molecule has 4 rings (SSSR count). The number of carbonyl (C=O) groups is 1. The minimum Gasteiger partial charge on any atom is -0.326 e. The number of rotatable bonds is 4. The van der Waals surface area contributed by atoms with Crippen molar-refractivity contribution in [3.05, 3.63) is 101 Å². The molecule has 4 aromatic rings. The van der Waals surface area contributed by atoms with Crippen LogP contribution in [0.4, 0.5) is 5.69 Å². The van der Waals surface area contributed by atoms with E-state index in [-0.39, 0.29) is 11.5 Å². The predicted octanol–water partition coefficient (Wildman–Crippen LogP) is 4.51. The van der Waals surface area contributed by atoms with Crippen molar-refractivity contribution >= 4 is 34.6 Å². The third-order valence-corrected chi connectivity index (χ3v) is 4.47. The van der Waals surface area contributed by atoms with E-state index < -0.39 is 0 Å². The molecule has 1 N–H and O–H groups in total. The first-order chi connectivity index (χ1) is 14.1. The average Bonchev–Trinajstić information content (AvgIpc) is 2.73. The Bertz CT molecular complexity index is 1260. The van der Waals surface area contributed by atoms with Crippen LogP contribution in [0.1, 0.15) is 18.3 Å². The summed E-state index contributed by atoms with van der Waals surface area (Å²) in [5, 5.41) is 3.32. The number of nitrogens with one attached hydrogen (secondary N) is 1. The summed E-state index contributed by atoms with van der Waals surface area (Å²) in [7, 11) is 0. The summed E-state index contributed by atoms with van der Waals surface area (Å²) in [5.41, 5.74) is 2.98. The summed E-state index contributed by atoms with van der Waals surface area (Å²) < 4.78 is 1.62. The van der Waals surface area contributed by atoms with Crippen molar-refractivity contribution in [2.24, 2.45) is 0 Å².